The number of aromatic nitrogens is 2. The molecule has 7 nitrogen and oxygen atoms in total. The molecule has 1 N–H and O–H groups in total. The van der Waals surface area contributed by atoms with Gasteiger partial charge in [0.05, 0.1) is 21.6 Å². The van der Waals surface area contributed by atoms with Gasteiger partial charge in [-0.2, -0.15) is 13.2 Å². The number of thiophene rings is 1. The zero-order chi connectivity index (χ0) is 29.5. The lowest BCUT2D eigenvalue weighted by Gasteiger charge is -2.34. The van der Waals surface area contributed by atoms with E-state index in [1.165, 1.54) is 28.4 Å². The van der Waals surface area contributed by atoms with Gasteiger partial charge >= 0.3 is 6.18 Å². The van der Waals surface area contributed by atoms with Gasteiger partial charge in [-0.05, 0) is 62.2 Å². The van der Waals surface area contributed by atoms with Crippen LogP contribution in [0.5, 0.6) is 0 Å². The van der Waals surface area contributed by atoms with Crippen LogP contribution in [0.4, 0.5) is 13.2 Å². The van der Waals surface area contributed by atoms with Crippen molar-refractivity contribution in [2.24, 2.45) is 0 Å². The minimum absolute atomic E-state index is 0.162. The van der Waals surface area contributed by atoms with E-state index in [0.717, 1.165) is 28.2 Å². The van der Waals surface area contributed by atoms with E-state index in [9.17, 15) is 27.6 Å². The molecule has 1 fully saturated rings. The molecule has 1 aliphatic rings. The molecule has 0 aliphatic carbocycles. The van der Waals surface area contributed by atoms with Crippen molar-refractivity contribution in [2.45, 2.75) is 37.6 Å². The molecular formula is C29H27F3N4O3S2. The van der Waals surface area contributed by atoms with Crippen LogP contribution in [0, 0.1) is 20.8 Å². The fourth-order valence-electron chi connectivity index (χ4n) is 4.71. The third kappa shape index (κ3) is 6.03. The number of alkyl halides is 3. The fourth-order valence-corrected chi connectivity index (χ4v) is 6.87. The third-order valence-corrected chi connectivity index (χ3v) is 9.41. The molecule has 41 heavy (non-hydrogen) atoms. The fraction of sp³-hybridized carbons (Fsp3) is 0.310. The number of aromatic amines is 1. The third-order valence-electron chi connectivity index (χ3n) is 7.07. The van der Waals surface area contributed by atoms with Crippen molar-refractivity contribution >= 4 is 45.1 Å². The number of H-pyrrole nitrogens is 1. The number of halogens is 3. The Labute approximate surface area is 242 Å². The lowest BCUT2D eigenvalue weighted by Crippen LogP contribution is -2.50. The number of hydrogen-bond donors (Lipinski definition) is 1. The molecule has 0 atom stereocenters. The summed E-state index contributed by atoms with van der Waals surface area (Å²) in [6.07, 6.45) is -4.47. The first-order valence-corrected chi connectivity index (χ1v) is 14.7. The second-order valence-corrected chi connectivity index (χ2v) is 12.0. The summed E-state index contributed by atoms with van der Waals surface area (Å²) in [5, 5.41) is 0.398. The molecule has 5 rings (SSSR count). The van der Waals surface area contributed by atoms with Crippen molar-refractivity contribution in [3.05, 3.63) is 91.3 Å². The molecular weight excluding hydrogens is 573 g/mol. The van der Waals surface area contributed by atoms with E-state index >= 15 is 0 Å². The first-order valence-electron chi connectivity index (χ1n) is 12.9. The van der Waals surface area contributed by atoms with Gasteiger partial charge in [-0.3, -0.25) is 14.4 Å². The Balaban J connectivity index is 1.27. The van der Waals surface area contributed by atoms with E-state index in [4.69, 9.17) is 0 Å². The number of rotatable bonds is 5. The number of aryl methyl sites for hydroxylation is 3. The topological polar surface area (TPSA) is 86.4 Å². The Morgan fingerprint density at radius 3 is 2.24 bits per heavy atom. The Hall–Kier alpha value is -3.64. The van der Waals surface area contributed by atoms with Gasteiger partial charge in [0.2, 0.25) is 0 Å². The number of nitrogens with zero attached hydrogens (tertiary/aromatic N) is 3. The molecule has 4 aromatic rings. The number of carbonyl (C=O) groups excluding carboxylic acids is 2. The van der Waals surface area contributed by atoms with Gasteiger partial charge in [0.25, 0.3) is 17.4 Å². The highest BCUT2D eigenvalue weighted by atomic mass is 32.2. The lowest BCUT2D eigenvalue weighted by atomic mass is 10.1. The van der Waals surface area contributed by atoms with E-state index < -0.39 is 11.7 Å². The summed E-state index contributed by atoms with van der Waals surface area (Å²) in [5.74, 6) is 0.387. The Morgan fingerprint density at radius 1 is 0.976 bits per heavy atom. The van der Waals surface area contributed by atoms with Crippen molar-refractivity contribution in [3.63, 3.8) is 0 Å². The van der Waals surface area contributed by atoms with Crippen LogP contribution in [0.25, 0.3) is 10.2 Å². The minimum Gasteiger partial charge on any atom is -0.335 e. The van der Waals surface area contributed by atoms with Crippen molar-refractivity contribution in [2.75, 3.05) is 26.2 Å². The summed E-state index contributed by atoms with van der Waals surface area (Å²) in [6, 6.07) is 10.3. The molecule has 0 radical (unpaired) electrons. The number of thioether (sulfide) groups is 1. The van der Waals surface area contributed by atoms with Crippen molar-refractivity contribution in [1.29, 1.82) is 0 Å². The van der Waals surface area contributed by atoms with Crippen LogP contribution < -0.4 is 5.56 Å². The largest absolute Gasteiger partial charge is 0.416 e. The van der Waals surface area contributed by atoms with Gasteiger partial charge < -0.3 is 14.8 Å². The van der Waals surface area contributed by atoms with Crippen LogP contribution in [0.15, 0.2) is 52.2 Å². The van der Waals surface area contributed by atoms with Gasteiger partial charge in [-0.1, -0.05) is 17.7 Å². The van der Waals surface area contributed by atoms with E-state index in [2.05, 4.69) is 28.2 Å². The quantitative estimate of drug-likeness (QED) is 0.292. The second-order valence-electron chi connectivity index (χ2n) is 9.97. The van der Waals surface area contributed by atoms with Gasteiger partial charge in [0, 0.05) is 36.6 Å². The van der Waals surface area contributed by atoms with Crippen molar-refractivity contribution in [1.82, 2.24) is 19.8 Å². The summed E-state index contributed by atoms with van der Waals surface area (Å²) in [7, 11) is 0. The van der Waals surface area contributed by atoms with E-state index in [1.54, 1.807) is 23.6 Å². The first kappa shape index (κ1) is 28.9. The van der Waals surface area contributed by atoms with E-state index in [0.29, 0.717) is 32.2 Å². The zero-order valence-corrected chi connectivity index (χ0v) is 24.2. The molecule has 0 bridgehead atoms. The molecule has 0 unspecified atom stereocenters. The predicted molar refractivity (Wildman–Crippen MR) is 154 cm³/mol. The predicted octanol–water partition coefficient (Wildman–Crippen LogP) is 5.82. The van der Waals surface area contributed by atoms with Crippen molar-refractivity contribution in [3.8, 4) is 0 Å². The van der Waals surface area contributed by atoms with E-state index in [1.807, 2.05) is 13.8 Å². The molecule has 3 heterocycles. The monoisotopic (exact) mass is 600 g/mol. The molecule has 2 aromatic heterocycles. The van der Waals surface area contributed by atoms with Gasteiger partial charge in [-0.25, -0.2) is 4.98 Å². The second kappa shape index (κ2) is 11.3. The number of carbonyl (C=O) groups is 2. The van der Waals surface area contributed by atoms with Crippen LogP contribution in [-0.2, 0) is 11.9 Å². The maximum Gasteiger partial charge on any atom is 0.416 e. The number of fused-ring (bicyclic) bond motifs is 1. The smallest absolute Gasteiger partial charge is 0.335 e. The molecule has 12 heteroatoms. The summed E-state index contributed by atoms with van der Waals surface area (Å²) in [5.41, 5.74) is 1.92. The zero-order valence-electron chi connectivity index (χ0n) is 22.6. The average molecular weight is 601 g/mol. The summed E-state index contributed by atoms with van der Waals surface area (Å²) in [4.78, 5) is 51.9. The molecule has 214 valence electrons. The highest BCUT2D eigenvalue weighted by Crippen LogP contribution is 2.31. The summed E-state index contributed by atoms with van der Waals surface area (Å²) >= 11 is 2.77. The molecule has 0 saturated carbocycles. The number of nitrogens with one attached hydrogen (secondary N) is 1. The number of hydrogen-bond acceptors (Lipinski definition) is 6. The van der Waals surface area contributed by atoms with Gasteiger partial charge in [0.15, 0.2) is 0 Å². The minimum atomic E-state index is -4.47. The molecule has 1 aliphatic heterocycles. The standard InChI is InChI=1S/C29H27F3N4O3S2/c1-16-4-5-17(2)21(14-16)40-15-22-33-25(37)23-18(3)24(41-26(23)34-22)28(39)36-12-10-35(11-13-36)27(38)19-6-8-20(9-7-19)29(30,31)32/h4-9,14H,10-13,15H2,1-3H3,(H,33,34,37). The molecule has 0 spiro atoms. The number of piperazine rings is 1. The molecule has 2 amide bonds. The first-order chi connectivity index (χ1) is 19.4. The molecule has 1 saturated heterocycles. The van der Waals surface area contributed by atoms with Crippen LogP contribution >= 0.6 is 23.1 Å². The summed E-state index contributed by atoms with van der Waals surface area (Å²) in [6.45, 7) is 6.81. The number of amides is 2. The van der Waals surface area contributed by atoms with Crippen LogP contribution in [0.1, 0.15) is 48.1 Å². The van der Waals surface area contributed by atoms with Crippen LogP contribution in [0.2, 0.25) is 0 Å². The maximum absolute atomic E-state index is 13.4. The normalized spacial score (nSPS) is 14.1. The van der Waals surface area contributed by atoms with Crippen LogP contribution in [0.3, 0.4) is 0 Å². The average Bonchev–Trinajstić information content (AvgIpc) is 3.28. The Bertz CT molecular complexity index is 1690. The molecule has 2 aromatic carbocycles. The van der Waals surface area contributed by atoms with Gasteiger partial charge in [0.1, 0.15) is 10.7 Å². The SMILES string of the molecule is Cc1ccc(C)c(SCc2nc3sc(C(=O)N4CCN(C(=O)c5ccc(C(F)(F)F)cc5)CC4)c(C)c3c(=O)[nH]2)c1. The maximum atomic E-state index is 13.4. The highest BCUT2D eigenvalue weighted by molar-refractivity contribution is 7.98. The van der Waals surface area contributed by atoms with Crippen molar-refractivity contribution < 1.29 is 22.8 Å². The van der Waals surface area contributed by atoms with E-state index in [-0.39, 0.29) is 49.1 Å². The Kier molecular flexibility index (Phi) is 7.97. The van der Waals surface area contributed by atoms with Gasteiger partial charge in [-0.15, -0.1) is 23.1 Å². The Morgan fingerprint density at radius 2 is 1.61 bits per heavy atom. The van der Waals surface area contributed by atoms with Crippen LogP contribution in [-0.4, -0.2) is 57.8 Å². The lowest BCUT2D eigenvalue weighted by molar-refractivity contribution is -0.137. The summed E-state index contributed by atoms with van der Waals surface area (Å²) < 4.78 is 38.5. The number of benzene rings is 2. The highest BCUT2D eigenvalue weighted by Gasteiger charge is 2.31.